The summed E-state index contributed by atoms with van der Waals surface area (Å²) in [6.45, 7) is 11.7. The zero-order valence-electron chi connectivity index (χ0n) is 25.7. The zero-order valence-corrected chi connectivity index (χ0v) is 25.7. The maximum absolute atomic E-state index is 13.6. The van der Waals surface area contributed by atoms with Gasteiger partial charge in [-0.3, -0.25) is 14.4 Å². The fraction of sp³-hybridized carbons (Fsp3) is 0.545. The van der Waals surface area contributed by atoms with Gasteiger partial charge in [0.1, 0.15) is 23.7 Å². The summed E-state index contributed by atoms with van der Waals surface area (Å²) in [5.74, 6) is -0.319. The van der Waals surface area contributed by atoms with Crippen molar-refractivity contribution in [3.63, 3.8) is 0 Å². The SMILES string of the molecule is CCCCc1ccccc1O[C@H](C)CN[C@H](C(=O)N(C)[C@H](C)C(=O)N[C@H](Cc1ccc(F)cc1)C(C)=O)C(C)CC. The molecule has 7 nitrogen and oxygen atoms in total. The van der Waals surface area contributed by atoms with E-state index in [0.717, 1.165) is 37.0 Å². The highest BCUT2D eigenvalue weighted by molar-refractivity contribution is 5.93. The number of hydrogen-bond acceptors (Lipinski definition) is 5. The van der Waals surface area contributed by atoms with Gasteiger partial charge >= 0.3 is 0 Å². The highest BCUT2D eigenvalue weighted by Crippen LogP contribution is 2.21. The van der Waals surface area contributed by atoms with E-state index in [4.69, 9.17) is 4.74 Å². The highest BCUT2D eigenvalue weighted by atomic mass is 19.1. The summed E-state index contributed by atoms with van der Waals surface area (Å²) in [5, 5.41) is 6.17. The summed E-state index contributed by atoms with van der Waals surface area (Å²) in [6.07, 6.45) is 4.00. The average molecular weight is 570 g/mol. The number of ether oxygens (including phenoxy) is 1. The van der Waals surface area contributed by atoms with Gasteiger partial charge in [0.25, 0.3) is 0 Å². The number of unbranched alkanes of at least 4 members (excludes halogenated alkanes) is 1. The summed E-state index contributed by atoms with van der Waals surface area (Å²) in [7, 11) is 1.61. The molecule has 1 unspecified atom stereocenters. The fourth-order valence-corrected chi connectivity index (χ4v) is 4.54. The predicted octanol–water partition coefficient (Wildman–Crippen LogP) is 5.10. The number of benzene rings is 2. The number of nitrogens with zero attached hydrogens (tertiary/aromatic N) is 1. The number of ketones is 1. The Morgan fingerprint density at radius 3 is 2.27 bits per heavy atom. The summed E-state index contributed by atoms with van der Waals surface area (Å²) < 4.78 is 19.5. The van der Waals surface area contributed by atoms with Crippen molar-refractivity contribution < 1.29 is 23.5 Å². The number of halogens is 1. The lowest BCUT2D eigenvalue weighted by Gasteiger charge is -2.32. The molecule has 0 spiro atoms. The van der Waals surface area contributed by atoms with Gasteiger partial charge in [-0.15, -0.1) is 0 Å². The molecule has 0 aliphatic rings. The standard InChI is InChI=1S/C33H48FN3O4/c1-8-10-13-27-14-11-12-15-30(27)41-23(4)21-35-31(22(3)9-2)33(40)37(7)24(5)32(39)36-29(25(6)38)20-26-16-18-28(34)19-17-26/h11-12,14-19,22-24,29,31,35H,8-10,13,20-21H2,1-7H3,(H,36,39)/t22?,23-,24-,29-,31+/m1/s1. The number of aryl methyl sites for hydroxylation is 1. The van der Waals surface area contributed by atoms with E-state index >= 15 is 0 Å². The molecule has 2 aromatic rings. The number of carbonyl (C=O) groups excluding carboxylic acids is 3. The molecule has 0 fully saturated rings. The normalized spacial score (nSPS) is 14.8. The smallest absolute Gasteiger partial charge is 0.243 e. The molecule has 0 aliphatic carbocycles. The van der Waals surface area contributed by atoms with Gasteiger partial charge in [0.15, 0.2) is 5.78 Å². The third-order valence-electron chi connectivity index (χ3n) is 7.67. The number of likely N-dealkylation sites (N-methyl/N-ethyl adjacent to an activating group) is 1. The fourth-order valence-electron chi connectivity index (χ4n) is 4.54. The second kappa shape index (κ2) is 16.9. The Morgan fingerprint density at radius 2 is 1.66 bits per heavy atom. The monoisotopic (exact) mass is 569 g/mol. The molecule has 2 amide bonds. The van der Waals surface area contributed by atoms with E-state index in [9.17, 15) is 18.8 Å². The summed E-state index contributed by atoms with van der Waals surface area (Å²) in [4.78, 5) is 40.4. The van der Waals surface area contributed by atoms with E-state index in [1.807, 2.05) is 39.0 Å². The van der Waals surface area contributed by atoms with E-state index in [1.165, 1.54) is 29.5 Å². The van der Waals surface area contributed by atoms with Crippen molar-refractivity contribution in [2.24, 2.45) is 5.92 Å². The topological polar surface area (TPSA) is 87.7 Å². The molecule has 2 aromatic carbocycles. The van der Waals surface area contributed by atoms with Crippen molar-refractivity contribution >= 4 is 17.6 Å². The first-order chi connectivity index (χ1) is 19.5. The molecule has 0 saturated carbocycles. The van der Waals surface area contributed by atoms with Crippen LogP contribution < -0.4 is 15.4 Å². The Hall–Kier alpha value is -3.26. The Balaban J connectivity index is 2.03. The van der Waals surface area contributed by atoms with Gasteiger partial charge < -0.3 is 20.3 Å². The van der Waals surface area contributed by atoms with Crippen LogP contribution in [0.5, 0.6) is 5.75 Å². The Labute approximate surface area is 245 Å². The number of amides is 2. The lowest BCUT2D eigenvalue weighted by Crippen LogP contribution is -2.56. The first kappa shape index (κ1) is 33.9. The number of rotatable bonds is 17. The summed E-state index contributed by atoms with van der Waals surface area (Å²) in [5.41, 5.74) is 1.91. The van der Waals surface area contributed by atoms with Crippen LogP contribution in [0.3, 0.4) is 0 Å². The number of carbonyl (C=O) groups is 3. The van der Waals surface area contributed by atoms with Gasteiger partial charge in [-0.05, 0) is 75.3 Å². The number of nitrogens with one attached hydrogen (secondary N) is 2. The molecule has 2 rings (SSSR count). The third kappa shape index (κ3) is 10.6. The lowest BCUT2D eigenvalue weighted by atomic mass is 9.97. The second-order valence-electron chi connectivity index (χ2n) is 11.0. The van der Waals surface area contributed by atoms with Crippen LogP contribution in [0, 0.1) is 11.7 Å². The molecule has 0 bridgehead atoms. The van der Waals surface area contributed by atoms with Crippen molar-refractivity contribution in [1.82, 2.24) is 15.5 Å². The average Bonchev–Trinajstić information content (AvgIpc) is 2.96. The van der Waals surface area contributed by atoms with E-state index in [0.29, 0.717) is 6.54 Å². The summed E-state index contributed by atoms with van der Waals surface area (Å²) in [6, 6.07) is 11.8. The zero-order chi connectivity index (χ0) is 30.5. The van der Waals surface area contributed by atoms with Gasteiger partial charge in [0, 0.05) is 13.6 Å². The minimum atomic E-state index is -0.801. The van der Waals surface area contributed by atoms with Crippen molar-refractivity contribution in [2.75, 3.05) is 13.6 Å². The van der Waals surface area contributed by atoms with Crippen LogP contribution in [0.25, 0.3) is 0 Å². The molecular formula is C33H48FN3O4. The number of Topliss-reactive ketones (excluding diaryl/α,β-unsaturated/α-hetero) is 1. The second-order valence-corrected chi connectivity index (χ2v) is 11.0. The summed E-state index contributed by atoms with van der Waals surface area (Å²) >= 11 is 0. The number of para-hydroxylation sites is 1. The molecule has 0 aliphatic heterocycles. The molecule has 0 radical (unpaired) electrons. The van der Waals surface area contributed by atoms with Crippen LogP contribution in [-0.4, -0.2) is 60.3 Å². The molecule has 41 heavy (non-hydrogen) atoms. The molecule has 226 valence electrons. The lowest BCUT2D eigenvalue weighted by molar-refractivity contribution is -0.141. The first-order valence-electron chi connectivity index (χ1n) is 14.8. The molecule has 0 saturated heterocycles. The quantitative estimate of drug-likeness (QED) is 0.277. The third-order valence-corrected chi connectivity index (χ3v) is 7.67. The number of hydrogen-bond donors (Lipinski definition) is 2. The molecule has 0 heterocycles. The van der Waals surface area contributed by atoms with Crippen LogP contribution in [0.1, 0.15) is 71.9 Å². The van der Waals surface area contributed by atoms with E-state index in [1.54, 1.807) is 26.1 Å². The van der Waals surface area contributed by atoms with Crippen molar-refractivity contribution in [3.05, 3.63) is 65.5 Å². The van der Waals surface area contributed by atoms with E-state index in [2.05, 4.69) is 23.6 Å². The van der Waals surface area contributed by atoms with Gasteiger partial charge in [-0.1, -0.05) is 63.9 Å². The van der Waals surface area contributed by atoms with E-state index < -0.39 is 24.0 Å². The Kier molecular flexibility index (Phi) is 14.0. The maximum atomic E-state index is 13.6. The molecular weight excluding hydrogens is 521 g/mol. The molecule has 8 heteroatoms. The largest absolute Gasteiger partial charge is 0.489 e. The molecule has 5 atom stereocenters. The van der Waals surface area contributed by atoms with Crippen LogP contribution in [0.2, 0.25) is 0 Å². The minimum absolute atomic E-state index is 0.0210. The van der Waals surface area contributed by atoms with E-state index in [-0.39, 0.29) is 36.0 Å². The van der Waals surface area contributed by atoms with Crippen LogP contribution >= 0.6 is 0 Å². The molecule has 2 N–H and O–H groups in total. The minimum Gasteiger partial charge on any atom is -0.489 e. The predicted molar refractivity (Wildman–Crippen MR) is 161 cm³/mol. The Morgan fingerprint density at radius 1 is 1.00 bits per heavy atom. The maximum Gasteiger partial charge on any atom is 0.243 e. The van der Waals surface area contributed by atoms with Crippen molar-refractivity contribution in [2.45, 2.75) is 97.9 Å². The Bertz CT molecular complexity index is 1120. The first-order valence-corrected chi connectivity index (χ1v) is 14.8. The van der Waals surface area contributed by atoms with Gasteiger partial charge in [-0.2, -0.15) is 0 Å². The van der Waals surface area contributed by atoms with Gasteiger partial charge in [-0.25, -0.2) is 4.39 Å². The van der Waals surface area contributed by atoms with Gasteiger partial charge in [0.2, 0.25) is 11.8 Å². The van der Waals surface area contributed by atoms with Crippen molar-refractivity contribution in [1.29, 1.82) is 0 Å². The van der Waals surface area contributed by atoms with Crippen molar-refractivity contribution in [3.8, 4) is 5.75 Å². The van der Waals surface area contributed by atoms with Gasteiger partial charge in [0.05, 0.1) is 12.1 Å². The van der Waals surface area contributed by atoms with Crippen LogP contribution in [0.15, 0.2) is 48.5 Å². The van der Waals surface area contributed by atoms with Crippen LogP contribution in [-0.2, 0) is 27.2 Å². The highest BCUT2D eigenvalue weighted by Gasteiger charge is 2.32. The molecule has 0 aromatic heterocycles. The van der Waals surface area contributed by atoms with Crippen LogP contribution in [0.4, 0.5) is 4.39 Å².